The average Bonchev–Trinajstić information content (AvgIpc) is 2.83. The summed E-state index contributed by atoms with van der Waals surface area (Å²) in [6.07, 6.45) is 2.30. The van der Waals surface area contributed by atoms with Crippen molar-refractivity contribution < 1.29 is 0 Å². The van der Waals surface area contributed by atoms with Crippen LogP contribution >= 0.6 is 0 Å². The third kappa shape index (κ3) is 3.81. The van der Waals surface area contributed by atoms with E-state index in [1.165, 1.54) is 43.1 Å². The minimum atomic E-state index is 0.0727. The van der Waals surface area contributed by atoms with Crippen LogP contribution < -0.4 is 0 Å². The number of nitriles is 1. The van der Waals surface area contributed by atoms with Crippen LogP contribution in [0, 0.1) is 11.3 Å². The Morgan fingerprint density at radius 3 is 2.00 bits per heavy atom. The van der Waals surface area contributed by atoms with Crippen molar-refractivity contribution in [3.05, 3.63) is 114 Å². The minimum absolute atomic E-state index is 0.0727. The second kappa shape index (κ2) is 8.30. The van der Waals surface area contributed by atoms with Crippen LogP contribution in [0.25, 0.3) is 32.7 Å². The smallest absolute Gasteiger partial charge is 0.155 e. The molecule has 0 N–H and O–H groups in total. The van der Waals surface area contributed by atoms with E-state index in [4.69, 9.17) is 5.26 Å². The summed E-state index contributed by atoms with van der Waals surface area (Å²) in [7, 11) is 0.0727. The van der Waals surface area contributed by atoms with Gasteiger partial charge >= 0.3 is 0 Å². The lowest BCUT2D eigenvalue weighted by molar-refractivity contribution is 1.35. The van der Waals surface area contributed by atoms with Crippen molar-refractivity contribution in [1.82, 2.24) is 0 Å². The molecule has 1 unspecified atom stereocenters. The van der Waals surface area contributed by atoms with E-state index in [9.17, 15) is 0 Å². The van der Waals surface area contributed by atoms with Gasteiger partial charge in [0.25, 0.3) is 0 Å². The normalized spacial score (nSPS) is 12.0. The molecular formula is C29H22NS+. The van der Waals surface area contributed by atoms with Crippen molar-refractivity contribution in [2.45, 2.75) is 10.6 Å². The van der Waals surface area contributed by atoms with Gasteiger partial charge in [-0.3, -0.25) is 0 Å². The lowest BCUT2D eigenvalue weighted by Crippen LogP contribution is -2.04. The highest BCUT2D eigenvalue weighted by atomic mass is 32.2. The minimum Gasteiger partial charge on any atom is -0.192 e. The Morgan fingerprint density at radius 1 is 0.710 bits per heavy atom. The van der Waals surface area contributed by atoms with Gasteiger partial charge in [0, 0.05) is 22.5 Å². The first-order valence-corrected chi connectivity index (χ1v) is 12.2. The maximum absolute atomic E-state index is 9.03. The quantitative estimate of drug-likeness (QED) is 0.222. The fourth-order valence-electron chi connectivity index (χ4n) is 4.20. The van der Waals surface area contributed by atoms with Crippen LogP contribution in [0.1, 0.15) is 11.1 Å². The molecule has 5 aromatic rings. The van der Waals surface area contributed by atoms with Crippen molar-refractivity contribution in [1.29, 1.82) is 5.26 Å². The molecular weight excluding hydrogens is 394 g/mol. The summed E-state index contributed by atoms with van der Waals surface area (Å²) in [6.45, 7) is 0. The first-order chi connectivity index (χ1) is 15.2. The molecule has 0 heterocycles. The zero-order valence-electron chi connectivity index (χ0n) is 17.4. The molecule has 1 atom stereocenters. The van der Waals surface area contributed by atoms with Gasteiger partial charge in [-0.25, -0.2) is 0 Å². The first-order valence-electron chi connectivity index (χ1n) is 10.4. The fourth-order valence-corrected chi connectivity index (χ4v) is 5.70. The van der Waals surface area contributed by atoms with E-state index in [-0.39, 0.29) is 10.9 Å². The Morgan fingerprint density at radius 2 is 1.35 bits per heavy atom. The van der Waals surface area contributed by atoms with Crippen LogP contribution in [0.4, 0.5) is 0 Å². The zero-order chi connectivity index (χ0) is 21.2. The van der Waals surface area contributed by atoms with Gasteiger partial charge in [-0.15, -0.1) is 0 Å². The van der Waals surface area contributed by atoms with Crippen molar-refractivity contribution in [3.63, 3.8) is 0 Å². The van der Waals surface area contributed by atoms with E-state index in [2.05, 4.69) is 103 Å². The lowest BCUT2D eigenvalue weighted by atomic mass is 9.92. The Bertz CT molecular complexity index is 1370. The molecule has 5 aromatic carbocycles. The van der Waals surface area contributed by atoms with Crippen molar-refractivity contribution in [2.24, 2.45) is 0 Å². The zero-order valence-corrected chi connectivity index (χ0v) is 18.2. The Balaban J connectivity index is 1.58. The molecule has 1 nitrogen and oxygen atoms in total. The molecule has 0 aromatic heterocycles. The maximum Gasteiger partial charge on any atom is 0.155 e. The summed E-state index contributed by atoms with van der Waals surface area (Å²) in [5, 5.41) is 14.2. The van der Waals surface area contributed by atoms with Gasteiger partial charge in [0.1, 0.15) is 12.0 Å². The SMILES string of the molecule is C[S+](Cc1ccc(C#N)cc1)c1cccc(-c2c3ccccc3cc3ccccc23)c1. The molecule has 0 amide bonds. The molecule has 0 radical (unpaired) electrons. The lowest BCUT2D eigenvalue weighted by Gasteiger charge is -2.13. The molecule has 2 heteroatoms. The van der Waals surface area contributed by atoms with Crippen molar-refractivity contribution >= 4 is 32.4 Å². The van der Waals surface area contributed by atoms with E-state index in [1.807, 2.05) is 12.1 Å². The number of nitrogens with zero attached hydrogens (tertiary/aromatic N) is 1. The van der Waals surface area contributed by atoms with Gasteiger partial charge in [-0.1, -0.05) is 72.8 Å². The predicted octanol–water partition coefficient (Wildman–Crippen LogP) is 7.34. The van der Waals surface area contributed by atoms with Crippen LogP contribution in [0.3, 0.4) is 0 Å². The highest BCUT2D eigenvalue weighted by Gasteiger charge is 2.18. The van der Waals surface area contributed by atoms with Crippen LogP contribution in [0.5, 0.6) is 0 Å². The number of fused-ring (bicyclic) bond motifs is 2. The van der Waals surface area contributed by atoms with Crippen LogP contribution in [0.15, 0.2) is 108 Å². The Kier molecular flexibility index (Phi) is 5.20. The Hall–Kier alpha value is -3.54. The highest BCUT2D eigenvalue weighted by molar-refractivity contribution is 7.95. The summed E-state index contributed by atoms with van der Waals surface area (Å²) in [5.41, 5.74) is 4.56. The third-order valence-electron chi connectivity index (χ3n) is 5.76. The topological polar surface area (TPSA) is 23.8 Å². The summed E-state index contributed by atoms with van der Waals surface area (Å²) in [6, 6.07) is 38.8. The number of hydrogen-bond donors (Lipinski definition) is 0. The predicted molar refractivity (Wildman–Crippen MR) is 133 cm³/mol. The van der Waals surface area contributed by atoms with Gasteiger partial charge < -0.3 is 0 Å². The molecule has 0 bridgehead atoms. The molecule has 31 heavy (non-hydrogen) atoms. The molecule has 5 rings (SSSR count). The molecule has 0 saturated heterocycles. The molecule has 0 saturated carbocycles. The third-order valence-corrected chi connectivity index (χ3v) is 7.59. The number of benzene rings is 5. The second-order valence-electron chi connectivity index (χ2n) is 7.81. The van der Waals surface area contributed by atoms with Crippen molar-refractivity contribution in [3.8, 4) is 17.2 Å². The van der Waals surface area contributed by atoms with Crippen LogP contribution in [-0.2, 0) is 16.6 Å². The van der Waals surface area contributed by atoms with Crippen molar-refractivity contribution in [2.75, 3.05) is 6.26 Å². The first kappa shape index (κ1) is 19.4. The van der Waals surface area contributed by atoms with E-state index in [0.717, 1.165) is 5.75 Å². The summed E-state index contributed by atoms with van der Waals surface area (Å²) < 4.78 is 0. The molecule has 0 aliphatic heterocycles. The summed E-state index contributed by atoms with van der Waals surface area (Å²) in [5.74, 6) is 0.978. The van der Waals surface area contributed by atoms with Gasteiger partial charge in [0.2, 0.25) is 0 Å². The average molecular weight is 417 g/mol. The maximum atomic E-state index is 9.03. The second-order valence-corrected chi connectivity index (χ2v) is 9.85. The van der Waals surface area contributed by atoms with Crippen LogP contribution in [-0.4, -0.2) is 6.26 Å². The van der Waals surface area contributed by atoms with E-state index >= 15 is 0 Å². The highest BCUT2D eigenvalue weighted by Crippen LogP contribution is 2.37. The van der Waals surface area contributed by atoms with E-state index in [0.29, 0.717) is 5.56 Å². The summed E-state index contributed by atoms with van der Waals surface area (Å²) >= 11 is 0. The monoisotopic (exact) mass is 416 g/mol. The largest absolute Gasteiger partial charge is 0.192 e. The number of rotatable bonds is 4. The van der Waals surface area contributed by atoms with E-state index < -0.39 is 0 Å². The molecule has 0 spiro atoms. The molecule has 148 valence electrons. The summed E-state index contributed by atoms with van der Waals surface area (Å²) in [4.78, 5) is 1.36. The van der Waals surface area contributed by atoms with Gasteiger partial charge in [-0.05, 0) is 56.9 Å². The van der Waals surface area contributed by atoms with Gasteiger partial charge in [0.05, 0.1) is 11.6 Å². The van der Waals surface area contributed by atoms with Gasteiger partial charge in [-0.2, -0.15) is 5.26 Å². The molecule has 0 aliphatic carbocycles. The standard InChI is InChI=1S/C29H22NS/c1-31(20-22-15-13-21(19-30)14-16-22)26-10-6-9-25(18-26)29-27-11-4-2-7-23(27)17-24-8-3-5-12-28(24)29/h2-18H,20H2,1H3/q+1. The number of hydrogen-bond acceptors (Lipinski definition) is 1. The van der Waals surface area contributed by atoms with Gasteiger partial charge in [0.15, 0.2) is 4.90 Å². The van der Waals surface area contributed by atoms with E-state index in [1.54, 1.807) is 0 Å². The van der Waals surface area contributed by atoms with Crippen LogP contribution in [0.2, 0.25) is 0 Å². The molecule has 0 fully saturated rings. The molecule has 0 aliphatic rings. The fraction of sp³-hybridized carbons (Fsp3) is 0.0690. The Labute approximate surface area is 185 Å².